The molecule has 7 fully saturated rings. The molecule has 0 amide bonds. The molecule has 0 saturated carbocycles. The molecule has 150 valence electrons. The second-order valence-electron chi connectivity index (χ2n) is 9.02. The van der Waals surface area contributed by atoms with Gasteiger partial charge in [0.25, 0.3) is 0 Å². The Bertz CT molecular complexity index is 611. The molecule has 0 spiro atoms. The van der Waals surface area contributed by atoms with Crippen LogP contribution in [0.3, 0.4) is 0 Å². The Morgan fingerprint density at radius 3 is 2.41 bits per heavy atom. The van der Waals surface area contributed by atoms with Crippen LogP contribution in [0.4, 0.5) is 0 Å². The Morgan fingerprint density at radius 1 is 0.815 bits per heavy atom. The van der Waals surface area contributed by atoms with Crippen molar-refractivity contribution in [3.05, 3.63) is 0 Å². The lowest BCUT2D eigenvalue weighted by atomic mass is 9.86. The van der Waals surface area contributed by atoms with E-state index in [1.54, 1.807) is 0 Å². The Hall–Kier alpha value is -0.570. The molecule has 0 unspecified atom stereocenters. The molecule has 0 aliphatic carbocycles. The van der Waals surface area contributed by atoms with Crippen LogP contribution in [-0.2, 0) is 33.2 Å². The van der Waals surface area contributed by atoms with E-state index in [0.717, 1.165) is 32.3 Å². The lowest BCUT2D eigenvalue weighted by Gasteiger charge is -2.46. The van der Waals surface area contributed by atoms with Gasteiger partial charge in [0.15, 0.2) is 6.29 Å². The summed E-state index contributed by atoms with van der Waals surface area (Å²) in [6.45, 7) is 2.83. The average Bonchev–Trinajstić information content (AvgIpc) is 3.23. The van der Waals surface area contributed by atoms with Gasteiger partial charge in [-0.05, 0) is 32.1 Å². The molecule has 7 aliphatic heterocycles. The summed E-state index contributed by atoms with van der Waals surface area (Å²) in [6, 6.07) is 0. The second-order valence-corrected chi connectivity index (χ2v) is 9.02. The summed E-state index contributed by atoms with van der Waals surface area (Å²) in [5.41, 5.74) is 0. The van der Waals surface area contributed by atoms with Crippen molar-refractivity contribution in [1.29, 1.82) is 0 Å². The predicted molar refractivity (Wildman–Crippen MR) is 91.1 cm³/mol. The summed E-state index contributed by atoms with van der Waals surface area (Å²) in [4.78, 5) is 12.6. The third-order valence-electron chi connectivity index (χ3n) is 7.34. The third-order valence-corrected chi connectivity index (χ3v) is 7.34. The van der Waals surface area contributed by atoms with Crippen LogP contribution in [-0.4, -0.2) is 73.6 Å². The van der Waals surface area contributed by atoms with E-state index >= 15 is 0 Å². The van der Waals surface area contributed by atoms with Gasteiger partial charge in [0.05, 0.1) is 24.4 Å². The number of fused-ring (bicyclic) bond motifs is 1. The van der Waals surface area contributed by atoms with Crippen molar-refractivity contribution in [2.45, 2.75) is 107 Å². The number of hydrogen-bond acceptors (Lipinski definition) is 7. The van der Waals surface area contributed by atoms with E-state index in [1.165, 1.54) is 0 Å². The van der Waals surface area contributed by atoms with Gasteiger partial charge in [0.1, 0.15) is 36.3 Å². The molecule has 7 heterocycles. The van der Waals surface area contributed by atoms with Crippen LogP contribution in [0.15, 0.2) is 0 Å². The molecule has 11 atom stereocenters. The Balaban J connectivity index is 1.12. The van der Waals surface area contributed by atoms with Crippen LogP contribution >= 0.6 is 0 Å². The van der Waals surface area contributed by atoms with Crippen molar-refractivity contribution in [3.63, 3.8) is 0 Å². The standard InChI is InChI=1S/C20H28O7/c1-9-10(4-5-22-9)6-11(21)7-12-2-3-13-16(23-12)19-20-18(24-13)17-14(25-20)8-15(26-17)27-19/h9-10,12-20H,2-8H2,1H3/t9-,10-,12+,13+,14+,15-,16-,17-,18-,19-,20+/m0/s1. The van der Waals surface area contributed by atoms with Crippen LogP contribution in [0.25, 0.3) is 0 Å². The monoisotopic (exact) mass is 380 g/mol. The van der Waals surface area contributed by atoms with E-state index in [4.69, 9.17) is 28.4 Å². The van der Waals surface area contributed by atoms with E-state index in [1.807, 2.05) is 0 Å². The molecule has 7 nitrogen and oxygen atoms in total. The zero-order valence-corrected chi connectivity index (χ0v) is 15.7. The summed E-state index contributed by atoms with van der Waals surface area (Å²) >= 11 is 0. The minimum Gasteiger partial charge on any atom is -0.378 e. The van der Waals surface area contributed by atoms with Crippen molar-refractivity contribution < 1.29 is 33.2 Å². The van der Waals surface area contributed by atoms with Crippen LogP contribution in [0.2, 0.25) is 0 Å². The van der Waals surface area contributed by atoms with Gasteiger partial charge in [0, 0.05) is 25.9 Å². The fourth-order valence-corrected chi connectivity index (χ4v) is 5.91. The van der Waals surface area contributed by atoms with Crippen LogP contribution < -0.4 is 0 Å². The van der Waals surface area contributed by atoms with Gasteiger partial charge in [0.2, 0.25) is 0 Å². The zero-order chi connectivity index (χ0) is 18.1. The maximum Gasteiger partial charge on any atom is 0.161 e. The number of rotatable bonds is 4. The molecule has 0 radical (unpaired) electrons. The summed E-state index contributed by atoms with van der Waals surface area (Å²) < 4.78 is 36.7. The SMILES string of the molecule is C[C@@H]1OCC[C@H]1CC(=O)C[C@H]1CC[C@H]2O[C@@H]3[C@H]4O[C@@H]5C[C@H](O[C@H]4[C@H]2O1)O[C@H]35. The second kappa shape index (κ2) is 6.47. The minimum atomic E-state index is -0.211. The van der Waals surface area contributed by atoms with Crippen molar-refractivity contribution in [2.75, 3.05) is 6.61 Å². The minimum absolute atomic E-state index is 0.000807. The molecule has 7 heteroatoms. The topological polar surface area (TPSA) is 72.5 Å². The van der Waals surface area contributed by atoms with Gasteiger partial charge in [-0.3, -0.25) is 4.79 Å². The Morgan fingerprint density at radius 2 is 1.56 bits per heavy atom. The molecule has 6 bridgehead atoms. The summed E-state index contributed by atoms with van der Waals surface area (Å²) in [5.74, 6) is 0.630. The number of Topliss-reactive ketones (excluding diaryl/α,β-unsaturated/α-hetero) is 1. The molecule has 27 heavy (non-hydrogen) atoms. The molecular formula is C20H28O7. The van der Waals surface area contributed by atoms with Crippen LogP contribution in [0, 0.1) is 5.92 Å². The van der Waals surface area contributed by atoms with E-state index in [9.17, 15) is 4.79 Å². The molecule has 0 N–H and O–H groups in total. The third kappa shape index (κ3) is 2.81. The molecule has 7 saturated heterocycles. The summed E-state index contributed by atoms with van der Waals surface area (Å²) in [7, 11) is 0. The fourth-order valence-electron chi connectivity index (χ4n) is 5.91. The van der Waals surface area contributed by atoms with Crippen molar-refractivity contribution in [2.24, 2.45) is 5.92 Å². The van der Waals surface area contributed by atoms with Gasteiger partial charge in [-0.15, -0.1) is 0 Å². The molecule has 7 aliphatic rings. The molecular weight excluding hydrogens is 352 g/mol. The Kier molecular flexibility index (Phi) is 4.15. The van der Waals surface area contributed by atoms with Gasteiger partial charge in [-0.25, -0.2) is 0 Å². The molecule has 0 aromatic rings. The first kappa shape index (κ1) is 17.3. The predicted octanol–water partition coefficient (Wildman–Crippen LogP) is 1.36. The van der Waals surface area contributed by atoms with Gasteiger partial charge in [-0.2, -0.15) is 0 Å². The van der Waals surface area contributed by atoms with E-state index in [2.05, 4.69) is 6.92 Å². The smallest absolute Gasteiger partial charge is 0.161 e. The number of ketones is 1. The first-order valence-electron chi connectivity index (χ1n) is 10.6. The number of ether oxygens (including phenoxy) is 6. The summed E-state index contributed by atoms with van der Waals surface area (Å²) in [5, 5.41) is 0. The van der Waals surface area contributed by atoms with Gasteiger partial charge in [-0.1, -0.05) is 0 Å². The van der Waals surface area contributed by atoms with Crippen LogP contribution in [0.5, 0.6) is 0 Å². The maximum absolute atomic E-state index is 12.6. The highest BCUT2D eigenvalue weighted by Gasteiger charge is 2.64. The Labute approximate surface area is 158 Å². The highest BCUT2D eigenvalue weighted by Crippen LogP contribution is 2.48. The largest absolute Gasteiger partial charge is 0.378 e. The highest BCUT2D eigenvalue weighted by molar-refractivity contribution is 5.79. The van der Waals surface area contributed by atoms with Crippen molar-refractivity contribution >= 4 is 5.78 Å². The van der Waals surface area contributed by atoms with Gasteiger partial charge < -0.3 is 28.4 Å². The number of carbonyl (C=O) groups excluding carboxylic acids is 1. The van der Waals surface area contributed by atoms with Crippen molar-refractivity contribution in [3.8, 4) is 0 Å². The lowest BCUT2D eigenvalue weighted by Crippen LogP contribution is -2.61. The molecule has 7 rings (SSSR count). The highest BCUT2D eigenvalue weighted by atomic mass is 16.8. The first-order chi connectivity index (χ1) is 13.2. The van der Waals surface area contributed by atoms with E-state index in [-0.39, 0.29) is 67.0 Å². The van der Waals surface area contributed by atoms with E-state index < -0.39 is 0 Å². The molecule has 0 aromatic heterocycles. The normalized spacial score (nSPS) is 55.5. The van der Waals surface area contributed by atoms with Gasteiger partial charge >= 0.3 is 0 Å². The zero-order valence-electron chi connectivity index (χ0n) is 15.7. The quantitative estimate of drug-likeness (QED) is 0.729. The fraction of sp³-hybridized carbons (Fsp3) is 0.950. The average molecular weight is 380 g/mol. The van der Waals surface area contributed by atoms with Crippen molar-refractivity contribution in [1.82, 2.24) is 0 Å². The first-order valence-corrected chi connectivity index (χ1v) is 10.6. The molecule has 0 aromatic carbocycles. The number of carbonyl (C=O) groups is 1. The maximum atomic E-state index is 12.6. The van der Waals surface area contributed by atoms with E-state index in [0.29, 0.717) is 18.8 Å². The van der Waals surface area contributed by atoms with Crippen LogP contribution in [0.1, 0.15) is 45.4 Å². The summed E-state index contributed by atoms with van der Waals surface area (Å²) in [6.07, 6.45) is 4.11. The lowest BCUT2D eigenvalue weighted by molar-refractivity contribution is -0.264. The number of hydrogen-bond donors (Lipinski definition) is 0.